The van der Waals surface area contributed by atoms with Gasteiger partial charge in [-0.15, -0.1) is 0 Å². The van der Waals surface area contributed by atoms with Crippen LogP contribution in [0.4, 0.5) is 0 Å². The van der Waals surface area contributed by atoms with Crippen LogP contribution in [-0.2, 0) is 6.42 Å². The number of thiocarbonyl (C=S) groups is 1. The lowest BCUT2D eigenvalue weighted by Crippen LogP contribution is -2.37. The fraction of sp³-hybridized carbons (Fsp3) is 0.562. The first-order chi connectivity index (χ1) is 9.06. The molecule has 0 aromatic heterocycles. The fourth-order valence-corrected chi connectivity index (χ4v) is 2.97. The average Bonchev–Trinajstić information content (AvgIpc) is 2.32. The molecule has 1 aromatic carbocycles. The fourth-order valence-electron chi connectivity index (χ4n) is 2.88. The van der Waals surface area contributed by atoms with Crippen molar-refractivity contribution in [1.82, 2.24) is 4.90 Å². The molecule has 0 fully saturated rings. The molecule has 0 radical (unpaired) electrons. The third-order valence-corrected chi connectivity index (χ3v) is 3.94. The number of hydrogen-bond acceptors (Lipinski definition) is 2. The molecule has 2 nitrogen and oxygen atoms in total. The van der Waals surface area contributed by atoms with Gasteiger partial charge in [0, 0.05) is 32.0 Å². The van der Waals surface area contributed by atoms with E-state index in [1.54, 1.807) is 0 Å². The summed E-state index contributed by atoms with van der Waals surface area (Å²) in [4.78, 5) is 3.15. The maximum absolute atomic E-state index is 5.63. The number of nitrogens with two attached hydrogens (primary N) is 1. The molecule has 1 aliphatic carbocycles. The molecule has 0 saturated heterocycles. The van der Waals surface area contributed by atoms with Gasteiger partial charge in [-0.1, -0.05) is 50.3 Å². The molecule has 0 spiro atoms. The zero-order valence-corrected chi connectivity index (χ0v) is 12.7. The smallest absolute Gasteiger partial charge is 0.0740 e. The van der Waals surface area contributed by atoms with Crippen molar-refractivity contribution >= 4 is 17.2 Å². The SMILES string of the molecule is CC(C)CN(CCC(N)=S)CC1Cc2ccccc21. The normalized spacial score (nSPS) is 17.4. The number of benzene rings is 1. The summed E-state index contributed by atoms with van der Waals surface area (Å²) in [5, 5.41) is 0. The van der Waals surface area contributed by atoms with Gasteiger partial charge in [0.15, 0.2) is 0 Å². The summed E-state index contributed by atoms with van der Waals surface area (Å²) in [6, 6.07) is 8.79. The molecule has 0 aliphatic heterocycles. The summed E-state index contributed by atoms with van der Waals surface area (Å²) >= 11 is 5.00. The van der Waals surface area contributed by atoms with Crippen molar-refractivity contribution in [3.05, 3.63) is 35.4 Å². The van der Waals surface area contributed by atoms with Gasteiger partial charge in [0.05, 0.1) is 4.99 Å². The van der Waals surface area contributed by atoms with Crippen LogP contribution >= 0.6 is 12.2 Å². The maximum atomic E-state index is 5.63. The molecule has 104 valence electrons. The van der Waals surface area contributed by atoms with Gasteiger partial charge in [-0.2, -0.15) is 0 Å². The summed E-state index contributed by atoms with van der Waals surface area (Å²) in [5.41, 5.74) is 8.68. The Morgan fingerprint density at radius 1 is 1.42 bits per heavy atom. The summed E-state index contributed by atoms with van der Waals surface area (Å²) in [7, 11) is 0. The highest BCUT2D eigenvalue weighted by Crippen LogP contribution is 2.35. The maximum Gasteiger partial charge on any atom is 0.0740 e. The Morgan fingerprint density at radius 2 is 2.16 bits per heavy atom. The van der Waals surface area contributed by atoms with Crippen molar-refractivity contribution in [1.29, 1.82) is 0 Å². The van der Waals surface area contributed by atoms with Crippen LogP contribution in [0.5, 0.6) is 0 Å². The third kappa shape index (κ3) is 4.02. The van der Waals surface area contributed by atoms with Gasteiger partial charge >= 0.3 is 0 Å². The zero-order chi connectivity index (χ0) is 13.8. The van der Waals surface area contributed by atoms with E-state index in [4.69, 9.17) is 18.0 Å². The topological polar surface area (TPSA) is 29.3 Å². The molecule has 0 amide bonds. The van der Waals surface area contributed by atoms with E-state index in [1.165, 1.54) is 17.5 Å². The van der Waals surface area contributed by atoms with E-state index >= 15 is 0 Å². The van der Waals surface area contributed by atoms with Crippen molar-refractivity contribution in [2.75, 3.05) is 19.6 Å². The molecule has 1 unspecified atom stereocenters. The van der Waals surface area contributed by atoms with Crippen molar-refractivity contribution in [3.8, 4) is 0 Å². The standard InChI is InChI=1S/C16H24N2S/c1-12(2)10-18(8-7-16(17)19)11-14-9-13-5-3-4-6-15(13)14/h3-6,12,14H,7-11H2,1-2H3,(H2,17,19). The second-order valence-electron chi connectivity index (χ2n) is 5.97. The lowest BCUT2D eigenvalue weighted by atomic mass is 9.77. The Morgan fingerprint density at radius 3 is 2.79 bits per heavy atom. The molecule has 0 bridgehead atoms. The largest absolute Gasteiger partial charge is 0.393 e. The lowest BCUT2D eigenvalue weighted by Gasteiger charge is -2.35. The van der Waals surface area contributed by atoms with Crippen LogP contribution in [0.15, 0.2) is 24.3 Å². The van der Waals surface area contributed by atoms with E-state index in [0.29, 0.717) is 16.8 Å². The molecule has 0 saturated carbocycles. The van der Waals surface area contributed by atoms with E-state index in [-0.39, 0.29) is 0 Å². The zero-order valence-electron chi connectivity index (χ0n) is 11.9. The van der Waals surface area contributed by atoms with Crippen molar-refractivity contribution < 1.29 is 0 Å². The predicted molar refractivity (Wildman–Crippen MR) is 85.6 cm³/mol. The molecule has 19 heavy (non-hydrogen) atoms. The monoisotopic (exact) mass is 276 g/mol. The molecule has 1 atom stereocenters. The molecule has 3 heteroatoms. The van der Waals surface area contributed by atoms with Crippen LogP contribution in [0.3, 0.4) is 0 Å². The molecule has 2 N–H and O–H groups in total. The highest BCUT2D eigenvalue weighted by atomic mass is 32.1. The van der Waals surface area contributed by atoms with Crippen LogP contribution in [0.2, 0.25) is 0 Å². The molecular formula is C16H24N2S. The van der Waals surface area contributed by atoms with Crippen LogP contribution in [0.25, 0.3) is 0 Å². The Balaban J connectivity index is 1.91. The van der Waals surface area contributed by atoms with E-state index in [2.05, 4.69) is 43.0 Å². The van der Waals surface area contributed by atoms with Crippen LogP contribution in [-0.4, -0.2) is 29.5 Å². The average molecular weight is 276 g/mol. The minimum Gasteiger partial charge on any atom is -0.393 e. The van der Waals surface area contributed by atoms with E-state index in [9.17, 15) is 0 Å². The Bertz CT molecular complexity index is 442. The quantitative estimate of drug-likeness (QED) is 0.776. The molecular weight excluding hydrogens is 252 g/mol. The summed E-state index contributed by atoms with van der Waals surface area (Å²) in [6.45, 7) is 7.79. The van der Waals surface area contributed by atoms with Gasteiger partial charge in [0.2, 0.25) is 0 Å². The van der Waals surface area contributed by atoms with Gasteiger partial charge < -0.3 is 10.6 Å². The minimum absolute atomic E-state index is 0.628. The number of nitrogens with zero attached hydrogens (tertiary/aromatic N) is 1. The molecule has 2 rings (SSSR count). The highest BCUT2D eigenvalue weighted by molar-refractivity contribution is 7.80. The van der Waals surface area contributed by atoms with Gasteiger partial charge in [0.1, 0.15) is 0 Å². The summed E-state index contributed by atoms with van der Waals surface area (Å²) in [5.74, 6) is 1.38. The van der Waals surface area contributed by atoms with E-state index in [0.717, 1.165) is 26.1 Å². The van der Waals surface area contributed by atoms with Gasteiger partial charge in [0.25, 0.3) is 0 Å². The van der Waals surface area contributed by atoms with Crippen LogP contribution in [0, 0.1) is 5.92 Å². The minimum atomic E-state index is 0.628. The van der Waals surface area contributed by atoms with E-state index < -0.39 is 0 Å². The Labute approximate surface area is 122 Å². The first-order valence-electron chi connectivity index (χ1n) is 7.14. The van der Waals surface area contributed by atoms with Gasteiger partial charge in [-0.25, -0.2) is 0 Å². The summed E-state index contributed by atoms with van der Waals surface area (Å²) < 4.78 is 0. The summed E-state index contributed by atoms with van der Waals surface area (Å²) in [6.07, 6.45) is 2.05. The van der Waals surface area contributed by atoms with Crippen molar-refractivity contribution in [2.45, 2.75) is 32.6 Å². The second-order valence-corrected chi connectivity index (χ2v) is 6.49. The van der Waals surface area contributed by atoms with Crippen LogP contribution < -0.4 is 5.73 Å². The van der Waals surface area contributed by atoms with Crippen LogP contribution in [0.1, 0.15) is 37.3 Å². The molecule has 1 aromatic rings. The van der Waals surface area contributed by atoms with E-state index in [1.807, 2.05) is 0 Å². The lowest BCUT2D eigenvalue weighted by molar-refractivity contribution is 0.228. The third-order valence-electron chi connectivity index (χ3n) is 3.74. The van der Waals surface area contributed by atoms with Gasteiger partial charge in [-0.3, -0.25) is 0 Å². The number of fused-ring (bicyclic) bond motifs is 1. The molecule has 1 aliphatic rings. The Hall–Kier alpha value is -0.930. The molecule has 0 heterocycles. The first kappa shape index (κ1) is 14.5. The predicted octanol–water partition coefficient (Wildman–Crippen LogP) is 2.96. The first-order valence-corrected chi connectivity index (χ1v) is 7.55. The number of hydrogen-bond donors (Lipinski definition) is 1. The number of rotatable bonds is 7. The highest BCUT2D eigenvalue weighted by Gasteiger charge is 2.27. The van der Waals surface area contributed by atoms with Crippen molar-refractivity contribution in [2.24, 2.45) is 11.7 Å². The van der Waals surface area contributed by atoms with Gasteiger partial charge in [-0.05, 0) is 23.5 Å². The second kappa shape index (κ2) is 6.49. The Kier molecular flexibility index (Phi) is 4.94. The van der Waals surface area contributed by atoms with Crippen molar-refractivity contribution in [3.63, 3.8) is 0 Å².